The lowest BCUT2D eigenvalue weighted by Gasteiger charge is -2.33. The average molecular weight is 407 g/mol. The molecule has 9 heteroatoms. The normalized spacial score (nSPS) is 19.3. The van der Waals surface area contributed by atoms with Crippen LogP contribution in [0.25, 0.3) is 0 Å². The highest BCUT2D eigenvalue weighted by atomic mass is 35.5. The molecule has 1 saturated heterocycles. The van der Waals surface area contributed by atoms with E-state index in [4.69, 9.17) is 0 Å². The van der Waals surface area contributed by atoms with Gasteiger partial charge in [0, 0.05) is 24.1 Å². The van der Waals surface area contributed by atoms with Crippen LogP contribution in [0.15, 0.2) is 30.3 Å². The summed E-state index contributed by atoms with van der Waals surface area (Å²) in [5, 5.41) is 5.68. The number of hydrogen-bond donors (Lipinski definition) is 2. The molecule has 1 aliphatic rings. The summed E-state index contributed by atoms with van der Waals surface area (Å²) in [7, 11) is 0. The molecule has 0 saturated carbocycles. The van der Waals surface area contributed by atoms with Crippen molar-refractivity contribution in [1.29, 1.82) is 0 Å². The van der Waals surface area contributed by atoms with Gasteiger partial charge < -0.3 is 10.6 Å². The summed E-state index contributed by atoms with van der Waals surface area (Å²) in [6.45, 7) is 0.942. The Bertz CT molecular complexity index is 825. The lowest BCUT2D eigenvalue weighted by atomic mass is 9.85. The predicted molar refractivity (Wildman–Crippen MR) is 91.4 cm³/mol. The van der Waals surface area contributed by atoms with Gasteiger partial charge in [-0.05, 0) is 42.8 Å². The van der Waals surface area contributed by atoms with Crippen LogP contribution in [0.2, 0.25) is 0 Å². The Morgan fingerprint density at radius 3 is 2.26 bits per heavy atom. The largest absolute Gasteiger partial charge is 0.347 e. The Balaban J connectivity index is 0.00000261. The monoisotopic (exact) mass is 406 g/mol. The van der Waals surface area contributed by atoms with Crippen LogP contribution in [0.3, 0.4) is 0 Å². The van der Waals surface area contributed by atoms with Gasteiger partial charge >= 0.3 is 0 Å². The van der Waals surface area contributed by atoms with Gasteiger partial charge in [-0.1, -0.05) is 6.07 Å². The van der Waals surface area contributed by atoms with Crippen molar-refractivity contribution >= 4 is 18.3 Å². The second-order valence-electron chi connectivity index (χ2n) is 6.11. The highest BCUT2D eigenvalue weighted by molar-refractivity contribution is 5.94. The molecule has 0 aromatic heterocycles. The molecule has 1 fully saturated rings. The third kappa shape index (κ3) is 4.56. The Morgan fingerprint density at radius 1 is 0.963 bits per heavy atom. The average Bonchev–Trinajstić information content (AvgIpc) is 2.62. The molecule has 2 aromatic rings. The molecule has 2 atom stereocenters. The van der Waals surface area contributed by atoms with Crippen LogP contribution < -0.4 is 10.6 Å². The lowest BCUT2D eigenvalue weighted by Crippen LogP contribution is -2.50. The van der Waals surface area contributed by atoms with Crippen molar-refractivity contribution in [2.75, 3.05) is 13.1 Å². The maximum Gasteiger partial charge on any atom is 0.251 e. The minimum absolute atomic E-state index is 0. The molecule has 1 heterocycles. The summed E-state index contributed by atoms with van der Waals surface area (Å²) < 4.78 is 66.3. The first-order chi connectivity index (χ1) is 12.4. The van der Waals surface area contributed by atoms with Crippen molar-refractivity contribution in [2.24, 2.45) is 0 Å². The van der Waals surface area contributed by atoms with Crippen LogP contribution in [0.5, 0.6) is 0 Å². The minimum Gasteiger partial charge on any atom is -0.347 e. The highest BCUT2D eigenvalue weighted by Crippen LogP contribution is 2.27. The first kappa shape index (κ1) is 21.1. The summed E-state index contributed by atoms with van der Waals surface area (Å²) in [5.41, 5.74) is 0.142. The van der Waals surface area contributed by atoms with E-state index in [1.54, 1.807) is 0 Å². The number of carbonyl (C=O) groups excluding carboxylic acids is 1. The molecule has 1 aliphatic heterocycles. The summed E-state index contributed by atoms with van der Waals surface area (Å²) >= 11 is 0. The lowest BCUT2D eigenvalue weighted by molar-refractivity contribution is 0.0923. The van der Waals surface area contributed by atoms with E-state index in [9.17, 15) is 26.7 Å². The first-order valence-electron chi connectivity index (χ1n) is 7.98. The zero-order chi connectivity index (χ0) is 18.8. The summed E-state index contributed by atoms with van der Waals surface area (Å²) in [6.07, 6.45) is 0.544. The predicted octanol–water partition coefficient (Wildman–Crippen LogP) is 3.68. The smallest absolute Gasteiger partial charge is 0.251 e. The van der Waals surface area contributed by atoms with Gasteiger partial charge in [-0.15, -0.1) is 12.4 Å². The van der Waals surface area contributed by atoms with E-state index in [0.717, 1.165) is 12.1 Å². The third-order valence-electron chi connectivity index (χ3n) is 4.42. The van der Waals surface area contributed by atoms with Gasteiger partial charge in [0.15, 0.2) is 29.1 Å². The molecule has 3 nitrogen and oxygen atoms in total. The van der Waals surface area contributed by atoms with Crippen LogP contribution >= 0.6 is 12.4 Å². The zero-order valence-corrected chi connectivity index (χ0v) is 14.7. The van der Waals surface area contributed by atoms with E-state index in [1.807, 2.05) is 0 Å². The zero-order valence-electron chi connectivity index (χ0n) is 13.9. The van der Waals surface area contributed by atoms with Crippen molar-refractivity contribution in [2.45, 2.75) is 18.4 Å². The number of hydrogen-bond acceptors (Lipinski definition) is 2. The fourth-order valence-electron chi connectivity index (χ4n) is 3.09. The van der Waals surface area contributed by atoms with E-state index >= 15 is 0 Å². The molecule has 146 valence electrons. The fourth-order valence-corrected chi connectivity index (χ4v) is 3.09. The van der Waals surface area contributed by atoms with Gasteiger partial charge in [0.05, 0.1) is 0 Å². The molecule has 0 bridgehead atoms. The molecule has 2 N–H and O–H groups in total. The van der Waals surface area contributed by atoms with Crippen molar-refractivity contribution in [3.05, 3.63) is 70.5 Å². The van der Waals surface area contributed by atoms with Crippen molar-refractivity contribution in [3.63, 3.8) is 0 Å². The van der Waals surface area contributed by atoms with Gasteiger partial charge in [-0.3, -0.25) is 4.79 Å². The number of benzene rings is 2. The van der Waals surface area contributed by atoms with E-state index < -0.39 is 41.0 Å². The van der Waals surface area contributed by atoms with Crippen LogP contribution in [0, 0.1) is 29.1 Å². The molecular formula is C18H16ClF5N2O. The maximum absolute atomic E-state index is 13.5. The van der Waals surface area contributed by atoms with Crippen molar-refractivity contribution in [3.8, 4) is 0 Å². The van der Waals surface area contributed by atoms with Crippen LogP contribution in [-0.4, -0.2) is 25.0 Å². The maximum atomic E-state index is 13.5. The molecule has 0 aliphatic carbocycles. The number of nitrogens with one attached hydrogen (secondary N) is 2. The standard InChI is InChI=1S/C18H15F5N2O.ClH/c19-12-2-1-9(5-13(12)20)11-3-4-24-8-16(11)25-18(26)10-6-14(21)17(23)15(22)7-10;/h1-2,5-7,11,16,24H,3-4,8H2,(H,25,26);1H. The summed E-state index contributed by atoms with van der Waals surface area (Å²) in [4.78, 5) is 12.3. The third-order valence-corrected chi connectivity index (χ3v) is 4.42. The molecule has 1 amide bonds. The Morgan fingerprint density at radius 2 is 1.63 bits per heavy atom. The highest BCUT2D eigenvalue weighted by Gasteiger charge is 2.29. The van der Waals surface area contributed by atoms with Crippen molar-refractivity contribution in [1.82, 2.24) is 10.6 Å². The van der Waals surface area contributed by atoms with E-state index in [1.165, 1.54) is 6.07 Å². The molecular weight excluding hydrogens is 391 g/mol. The SMILES string of the molecule is Cl.O=C(NC1CNCCC1c1ccc(F)c(F)c1)c1cc(F)c(F)c(F)c1. The Kier molecular flexibility index (Phi) is 6.78. The van der Waals surface area contributed by atoms with Crippen LogP contribution in [0.4, 0.5) is 22.0 Å². The van der Waals surface area contributed by atoms with E-state index in [0.29, 0.717) is 37.2 Å². The summed E-state index contributed by atoms with van der Waals surface area (Å²) in [5.74, 6) is -7.65. The minimum atomic E-state index is -1.65. The Hall–Kier alpha value is -2.19. The van der Waals surface area contributed by atoms with Gasteiger partial charge in [0.2, 0.25) is 0 Å². The number of halogens is 6. The molecule has 0 radical (unpaired) electrons. The van der Waals surface area contributed by atoms with Crippen LogP contribution in [-0.2, 0) is 0 Å². The number of carbonyl (C=O) groups is 1. The Labute approximate surface area is 158 Å². The number of rotatable bonds is 3. The topological polar surface area (TPSA) is 41.1 Å². The van der Waals surface area contributed by atoms with E-state index in [-0.39, 0.29) is 23.9 Å². The second-order valence-corrected chi connectivity index (χ2v) is 6.11. The van der Waals surface area contributed by atoms with Crippen molar-refractivity contribution < 1.29 is 26.7 Å². The van der Waals surface area contributed by atoms with Crippen LogP contribution in [0.1, 0.15) is 28.3 Å². The molecule has 2 unspecified atom stereocenters. The van der Waals surface area contributed by atoms with E-state index in [2.05, 4.69) is 10.6 Å². The molecule has 27 heavy (non-hydrogen) atoms. The molecule has 0 spiro atoms. The quantitative estimate of drug-likeness (QED) is 0.603. The molecule has 3 rings (SSSR count). The molecule has 2 aromatic carbocycles. The van der Waals surface area contributed by atoms with Gasteiger partial charge in [-0.25, -0.2) is 22.0 Å². The summed E-state index contributed by atoms with van der Waals surface area (Å²) in [6, 6.07) is 4.22. The van der Waals surface area contributed by atoms with Gasteiger partial charge in [0.1, 0.15) is 0 Å². The first-order valence-corrected chi connectivity index (χ1v) is 7.98. The second kappa shape index (κ2) is 8.67. The van der Waals surface area contributed by atoms with Gasteiger partial charge in [-0.2, -0.15) is 0 Å². The fraction of sp³-hybridized carbons (Fsp3) is 0.278. The van der Waals surface area contributed by atoms with Gasteiger partial charge in [0.25, 0.3) is 5.91 Å². The number of piperidine rings is 1. The number of amides is 1.